The molecule has 1 aromatic rings. The second-order valence-corrected chi connectivity index (χ2v) is 4.52. The number of ether oxygens (including phenoxy) is 2. The Morgan fingerprint density at radius 2 is 1.89 bits per heavy atom. The summed E-state index contributed by atoms with van der Waals surface area (Å²) in [5, 5.41) is -0.547. The molecule has 0 aliphatic carbocycles. The van der Waals surface area contributed by atoms with Crippen LogP contribution >= 0.6 is 11.6 Å². The second-order valence-electron chi connectivity index (χ2n) is 4.15. The summed E-state index contributed by atoms with van der Waals surface area (Å²) >= 11 is 5.41. The molecule has 2 rings (SSSR count). The zero-order valence-corrected chi connectivity index (χ0v) is 10.4. The van der Waals surface area contributed by atoms with E-state index in [2.05, 4.69) is 0 Å². The standard InChI is InChI=1S/C13H13ClO4/c14-12(15)10-7-17-8-11(10)13(16)18-6-9-4-2-1-3-5-9/h1-5,10-11H,6-8H2. The number of carbonyl (C=O) groups is 2. The minimum Gasteiger partial charge on any atom is -0.461 e. The highest BCUT2D eigenvalue weighted by atomic mass is 35.5. The van der Waals surface area contributed by atoms with Crippen molar-refractivity contribution < 1.29 is 19.1 Å². The van der Waals surface area contributed by atoms with Crippen molar-refractivity contribution in [2.45, 2.75) is 6.61 Å². The molecular weight excluding hydrogens is 256 g/mol. The fraction of sp³-hybridized carbons (Fsp3) is 0.385. The lowest BCUT2D eigenvalue weighted by Gasteiger charge is -2.13. The lowest BCUT2D eigenvalue weighted by Crippen LogP contribution is -2.28. The van der Waals surface area contributed by atoms with Crippen molar-refractivity contribution in [3.05, 3.63) is 35.9 Å². The van der Waals surface area contributed by atoms with E-state index in [1.165, 1.54) is 0 Å². The van der Waals surface area contributed by atoms with Crippen molar-refractivity contribution in [2.24, 2.45) is 11.8 Å². The van der Waals surface area contributed by atoms with E-state index in [-0.39, 0.29) is 19.8 Å². The Bertz CT molecular complexity index is 432. The Labute approximate surface area is 110 Å². The van der Waals surface area contributed by atoms with Gasteiger partial charge in [0.15, 0.2) is 0 Å². The molecule has 0 spiro atoms. The molecule has 1 aliphatic rings. The van der Waals surface area contributed by atoms with Crippen LogP contribution in [0, 0.1) is 11.8 Å². The summed E-state index contributed by atoms with van der Waals surface area (Å²) in [6, 6.07) is 9.35. The number of rotatable bonds is 4. The van der Waals surface area contributed by atoms with Crippen molar-refractivity contribution in [1.82, 2.24) is 0 Å². The first kappa shape index (κ1) is 13.1. The van der Waals surface area contributed by atoms with Gasteiger partial charge in [0.1, 0.15) is 6.61 Å². The zero-order chi connectivity index (χ0) is 13.0. The normalized spacial score (nSPS) is 22.7. The minimum absolute atomic E-state index is 0.188. The molecule has 4 nitrogen and oxygen atoms in total. The van der Waals surface area contributed by atoms with Crippen molar-refractivity contribution in [1.29, 1.82) is 0 Å². The first-order valence-electron chi connectivity index (χ1n) is 5.66. The van der Waals surface area contributed by atoms with E-state index in [1.807, 2.05) is 30.3 Å². The molecule has 0 saturated carbocycles. The molecule has 1 fully saturated rings. The maximum atomic E-state index is 11.8. The predicted molar refractivity (Wildman–Crippen MR) is 64.9 cm³/mol. The zero-order valence-electron chi connectivity index (χ0n) is 9.67. The summed E-state index contributed by atoms with van der Waals surface area (Å²) in [5.41, 5.74) is 0.901. The van der Waals surface area contributed by atoms with Crippen LogP contribution in [0.1, 0.15) is 5.56 Å². The van der Waals surface area contributed by atoms with Gasteiger partial charge in [-0.3, -0.25) is 9.59 Å². The van der Waals surface area contributed by atoms with Gasteiger partial charge in [0.25, 0.3) is 0 Å². The summed E-state index contributed by atoms with van der Waals surface area (Å²) in [6.07, 6.45) is 0. The molecular formula is C13H13ClO4. The van der Waals surface area contributed by atoms with E-state index in [0.717, 1.165) is 5.56 Å². The number of hydrogen-bond donors (Lipinski definition) is 0. The Kier molecular flexibility index (Phi) is 4.33. The van der Waals surface area contributed by atoms with Crippen LogP contribution in [-0.2, 0) is 25.7 Å². The van der Waals surface area contributed by atoms with Crippen molar-refractivity contribution >= 4 is 22.8 Å². The van der Waals surface area contributed by atoms with Gasteiger partial charge in [-0.2, -0.15) is 0 Å². The van der Waals surface area contributed by atoms with Gasteiger partial charge in [0.2, 0.25) is 5.24 Å². The van der Waals surface area contributed by atoms with Gasteiger partial charge in [-0.15, -0.1) is 0 Å². The number of halogens is 1. The smallest absolute Gasteiger partial charge is 0.312 e. The molecule has 1 saturated heterocycles. The average Bonchev–Trinajstić information content (AvgIpc) is 2.86. The molecule has 0 radical (unpaired) electrons. The molecule has 0 aromatic heterocycles. The predicted octanol–water partition coefficient (Wildman–Crippen LogP) is 1.76. The van der Waals surface area contributed by atoms with E-state index in [4.69, 9.17) is 21.1 Å². The third kappa shape index (κ3) is 3.09. The maximum Gasteiger partial charge on any atom is 0.312 e. The van der Waals surface area contributed by atoms with Crippen LogP contribution in [-0.4, -0.2) is 24.4 Å². The summed E-state index contributed by atoms with van der Waals surface area (Å²) in [7, 11) is 0. The SMILES string of the molecule is O=C(Cl)C1COCC1C(=O)OCc1ccccc1. The number of benzene rings is 1. The molecule has 0 amide bonds. The average molecular weight is 269 g/mol. The molecule has 2 atom stereocenters. The van der Waals surface area contributed by atoms with Gasteiger partial charge in [-0.1, -0.05) is 30.3 Å². The Morgan fingerprint density at radius 1 is 1.22 bits per heavy atom. The van der Waals surface area contributed by atoms with E-state index < -0.39 is 23.0 Å². The monoisotopic (exact) mass is 268 g/mol. The third-order valence-electron chi connectivity index (χ3n) is 2.90. The van der Waals surface area contributed by atoms with Gasteiger partial charge < -0.3 is 9.47 Å². The van der Waals surface area contributed by atoms with Crippen molar-refractivity contribution in [2.75, 3.05) is 13.2 Å². The molecule has 2 unspecified atom stereocenters. The van der Waals surface area contributed by atoms with E-state index in [9.17, 15) is 9.59 Å². The van der Waals surface area contributed by atoms with Gasteiger partial charge >= 0.3 is 5.97 Å². The fourth-order valence-corrected chi connectivity index (χ4v) is 2.06. The molecule has 0 N–H and O–H groups in total. The first-order chi connectivity index (χ1) is 8.68. The van der Waals surface area contributed by atoms with Gasteiger partial charge in [0, 0.05) is 0 Å². The highest BCUT2D eigenvalue weighted by molar-refractivity contribution is 6.64. The minimum atomic E-state index is -0.588. The van der Waals surface area contributed by atoms with Gasteiger partial charge in [-0.25, -0.2) is 0 Å². The highest BCUT2D eigenvalue weighted by Crippen LogP contribution is 2.24. The largest absolute Gasteiger partial charge is 0.461 e. The van der Waals surface area contributed by atoms with Gasteiger partial charge in [-0.05, 0) is 17.2 Å². The Balaban J connectivity index is 1.90. The summed E-state index contributed by atoms with van der Waals surface area (Å²) in [5.74, 6) is -1.61. The van der Waals surface area contributed by atoms with Crippen LogP contribution in [0.3, 0.4) is 0 Å². The molecule has 18 heavy (non-hydrogen) atoms. The molecule has 1 aliphatic heterocycles. The van der Waals surface area contributed by atoms with E-state index in [1.54, 1.807) is 0 Å². The summed E-state index contributed by atoms with van der Waals surface area (Å²) in [4.78, 5) is 22.9. The quantitative estimate of drug-likeness (QED) is 0.617. The van der Waals surface area contributed by atoms with Crippen LogP contribution in [0.4, 0.5) is 0 Å². The third-order valence-corrected chi connectivity index (χ3v) is 3.18. The van der Waals surface area contributed by atoms with Crippen LogP contribution in [0.15, 0.2) is 30.3 Å². The van der Waals surface area contributed by atoms with Gasteiger partial charge in [0.05, 0.1) is 25.0 Å². The fourth-order valence-electron chi connectivity index (χ4n) is 1.85. The summed E-state index contributed by atoms with van der Waals surface area (Å²) < 4.78 is 10.3. The summed E-state index contributed by atoms with van der Waals surface area (Å²) in [6.45, 7) is 0.573. The Hall–Kier alpha value is -1.39. The van der Waals surface area contributed by atoms with Crippen LogP contribution < -0.4 is 0 Å². The van der Waals surface area contributed by atoms with Crippen LogP contribution in [0.25, 0.3) is 0 Å². The molecule has 5 heteroatoms. The lowest BCUT2D eigenvalue weighted by atomic mass is 9.98. The number of carbonyl (C=O) groups excluding carboxylic acids is 2. The number of esters is 1. The molecule has 1 heterocycles. The molecule has 0 bridgehead atoms. The highest BCUT2D eigenvalue weighted by Gasteiger charge is 2.39. The van der Waals surface area contributed by atoms with E-state index in [0.29, 0.717) is 0 Å². The first-order valence-corrected chi connectivity index (χ1v) is 6.04. The number of hydrogen-bond acceptors (Lipinski definition) is 4. The second kappa shape index (κ2) is 5.98. The molecule has 96 valence electrons. The van der Waals surface area contributed by atoms with Crippen LogP contribution in [0.2, 0.25) is 0 Å². The molecule has 1 aromatic carbocycles. The van der Waals surface area contributed by atoms with Crippen LogP contribution in [0.5, 0.6) is 0 Å². The van der Waals surface area contributed by atoms with E-state index >= 15 is 0 Å². The topological polar surface area (TPSA) is 52.6 Å². The van der Waals surface area contributed by atoms with Crippen molar-refractivity contribution in [3.8, 4) is 0 Å². The van der Waals surface area contributed by atoms with Crippen molar-refractivity contribution in [3.63, 3.8) is 0 Å². The maximum absolute atomic E-state index is 11.8. The lowest BCUT2D eigenvalue weighted by molar-refractivity contribution is -0.152. The Morgan fingerprint density at radius 3 is 2.56 bits per heavy atom.